The fourth-order valence-electron chi connectivity index (χ4n) is 3.62. The summed E-state index contributed by atoms with van der Waals surface area (Å²) < 4.78 is 5.43. The van der Waals surface area contributed by atoms with Crippen LogP contribution in [0.3, 0.4) is 0 Å². The van der Waals surface area contributed by atoms with E-state index in [-0.39, 0.29) is 24.5 Å². The molecule has 138 valence electrons. The van der Waals surface area contributed by atoms with E-state index in [1.165, 1.54) is 24.0 Å². The number of carbonyl (C=O) groups is 2. The first-order chi connectivity index (χ1) is 13.1. The molecule has 0 atom stereocenters. The van der Waals surface area contributed by atoms with E-state index in [1.807, 2.05) is 12.1 Å². The van der Waals surface area contributed by atoms with E-state index < -0.39 is 0 Å². The van der Waals surface area contributed by atoms with Gasteiger partial charge in [0.05, 0.1) is 0 Å². The van der Waals surface area contributed by atoms with Gasteiger partial charge in [-0.25, -0.2) is 4.98 Å². The Labute approximate surface area is 157 Å². The molecule has 1 N–H and O–H groups in total. The number of hydrogen-bond donors (Lipinski definition) is 1. The zero-order chi connectivity index (χ0) is 18.8. The maximum atomic E-state index is 12.5. The second-order valence-electron chi connectivity index (χ2n) is 7.08. The Kier molecular flexibility index (Phi) is 4.75. The van der Waals surface area contributed by atoms with E-state index in [9.17, 15) is 9.59 Å². The molecule has 2 aromatic carbocycles. The van der Waals surface area contributed by atoms with Crippen LogP contribution in [-0.4, -0.2) is 16.7 Å². The second-order valence-corrected chi connectivity index (χ2v) is 7.08. The number of aromatic nitrogens is 1. The third-order valence-corrected chi connectivity index (χ3v) is 5.03. The van der Waals surface area contributed by atoms with Crippen LogP contribution in [0.1, 0.15) is 53.1 Å². The van der Waals surface area contributed by atoms with E-state index in [1.54, 1.807) is 25.1 Å². The molecule has 1 heterocycles. The first-order valence-electron chi connectivity index (χ1n) is 9.40. The standard InChI is InChI=1S/C22H22N2O3/c1-14-23-19-13-18(8-10-21(19)27-14)24-22(26)11-9-20(25)17-7-6-15-4-2-3-5-16(15)12-17/h6-8,10,12-13H,2-5,9,11H2,1H3,(H,24,26). The molecule has 3 aromatic rings. The van der Waals surface area contributed by atoms with Gasteiger partial charge in [-0.3, -0.25) is 9.59 Å². The first kappa shape index (κ1) is 17.5. The third-order valence-electron chi connectivity index (χ3n) is 5.03. The molecule has 4 rings (SSSR count). The van der Waals surface area contributed by atoms with Crippen molar-refractivity contribution in [3.63, 3.8) is 0 Å². The van der Waals surface area contributed by atoms with Gasteiger partial charge < -0.3 is 9.73 Å². The lowest BCUT2D eigenvalue weighted by Crippen LogP contribution is -2.14. The molecule has 1 aromatic heterocycles. The summed E-state index contributed by atoms with van der Waals surface area (Å²) >= 11 is 0. The predicted molar refractivity (Wildman–Crippen MR) is 104 cm³/mol. The number of amides is 1. The van der Waals surface area contributed by atoms with Gasteiger partial charge in [-0.1, -0.05) is 12.1 Å². The van der Waals surface area contributed by atoms with Crippen molar-refractivity contribution in [3.8, 4) is 0 Å². The Bertz CT molecular complexity index is 1020. The molecule has 1 aliphatic rings. The van der Waals surface area contributed by atoms with Crippen molar-refractivity contribution >= 4 is 28.5 Å². The van der Waals surface area contributed by atoms with E-state index in [0.29, 0.717) is 28.2 Å². The number of oxazole rings is 1. The minimum atomic E-state index is -0.180. The number of Topliss-reactive ketones (excluding diaryl/α,β-unsaturated/α-hetero) is 1. The van der Waals surface area contributed by atoms with Crippen molar-refractivity contribution in [1.29, 1.82) is 0 Å². The minimum absolute atomic E-state index is 0.0149. The molecular weight excluding hydrogens is 340 g/mol. The molecule has 0 fully saturated rings. The van der Waals surface area contributed by atoms with Crippen LogP contribution in [0.25, 0.3) is 11.1 Å². The van der Waals surface area contributed by atoms with Crippen molar-refractivity contribution in [2.45, 2.75) is 45.4 Å². The van der Waals surface area contributed by atoms with Crippen LogP contribution >= 0.6 is 0 Å². The molecule has 0 bridgehead atoms. The van der Waals surface area contributed by atoms with Crippen molar-refractivity contribution in [2.75, 3.05) is 5.32 Å². The van der Waals surface area contributed by atoms with Crippen molar-refractivity contribution in [1.82, 2.24) is 4.98 Å². The monoisotopic (exact) mass is 362 g/mol. The summed E-state index contributed by atoms with van der Waals surface area (Å²) in [5.41, 5.74) is 5.40. The number of nitrogens with zero attached hydrogens (tertiary/aromatic N) is 1. The summed E-state index contributed by atoms with van der Waals surface area (Å²) in [5, 5.41) is 2.83. The molecule has 0 saturated heterocycles. The molecule has 5 nitrogen and oxygen atoms in total. The van der Waals surface area contributed by atoms with Crippen molar-refractivity contribution in [3.05, 3.63) is 59.0 Å². The molecule has 27 heavy (non-hydrogen) atoms. The molecule has 1 amide bonds. The van der Waals surface area contributed by atoms with Crippen molar-refractivity contribution in [2.24, 2.45) is 0 Å². The molecule has 5 heteroatoms. The lowest BCUT2D eigenvalue weighted by molar-refractivity contribution is -0.116. The van der Waals surface area contributed by atoms with Crippen molar-refractivity contribution < 1.29 is 14.0 Å². The van der Waals surface area contributed by atoms with Gasteiger partial charge in [0, 0.05) is 31.0 Å². The highest BCUT2D eigenvalue weighted by atomic mass is 16.3. The van der Waals surface area contributed by atoms with Gasteiger partial charge in [0.2, 0.25) is 5.91 Å². The lowest BCUT2D eigenvalue weighted by Gasteiger charge is -2.16. The lowest BCUT2D eigenvalue weighted by atomic mass is 9.89. The van der Waals surface area contributed by atoms with Crippen LogP contribution < -0.4 is 5.32 Å². The number of anilines is 1. The highest BCUT2D eigenvalue weighted by Gasteiger charge is 2.14. The molecule has 0 spiro atoms. The summed E-state index contributed by atoms with van der Waals surface area (Å²) in [5.74, 6) is 0.422. The summed E-state index contributed by atoms with van der Waals surface area (Å²) in [6, 6.07) is 11.3. The minimum Gasteiger partial charge on any atom is -0.441 e. The Morgan fingerprint density at radius 2 is 1.85 bits per heavy atom. The third kappa shape index (κ3) is 3.92. The highest BCUT2D eigenvalue weighted by Crippen LogP contribution is 2.23. The topological polar surface area (TPSA) is 72.2 Å². The first-order valence-corrected chi connectivity index (χ1v) is 9.40. The van der Waals surface area contributed by atoms with Gasteiger partial charge in [-0.2, -0.15) is 0 Å². The van der Waals surface area contributed by atoms with Gasteiger partial charge in [0.15, 0.2) is 17.3 Å². The predicted octanol–water partition coefficient (Wildman–Crippen LogP) is 4.62. The average molecular weight is 362 g/mol. The zero-order valence-electron chi connectivity index (χ0n) is 15.4. The summed E-state index contributed by atoms with van der Waals surface area (Å²) in [6.07, 6.45) is 4.91. The Morgan fingerprint density at radius 1 is 1.04 bits per heavy atom. The normalized spacial score (nSPS) is 13.4. The van der Waals surface area contributed by atoms with Gasteiger partial charge >= 0.3 is 0 Å². The Morgan fingerprint density at radius 3 is 2.70 bits per heavy atom. The van der Waals surface area contributed by atoms with Gasteiger partial charge in [0.1, 0.15) is 5.52 Å². The average Bonchev–Trinajstić information content (AvgIpc) is 3.05. The largest absolute Gasteiger partial charge is 0.441 e. The van der Waals surface area contributed by atoms with Crippen LogP contribution in [-0.2, 0) is 17.6 Å². The summed E-state index contributed by atoms with van der Waals surface area (Å²) in [7, 11) is 0. The zero-order valence-corrected chi connectivity index (χ0v) is 15.4. The van der Waals surface area contributed by atoms with Crippen LogP contribution in [0, 0.1) is 6.92 Å². The number of fused-ring (bicyclic) bond motifs is 2. The van der Waals surface area contributed by atoms with E-state index in [4.69, 9.17) is 4.42 Å². The summed E-state index contributed by atoms with van der Waals surface area (Å²) in [4.78, 5) is 28.9. The quantitative estimate of drug-likeness (QED) is 0.672. The molecule has 1 aliphatic carbocycles. The van der Waals surface area contributed by atoms with Gasteiger partial charge in [-0.05, 0) is 61.1 Å². The molecule has 0 aliphatic heterocycles. The summed E-state index contributed by atoms with van der Waals surface area (Å²) in [6.45, 7) is 1.78. The van der Waals surface area contributed by atoms with Crippen LogP contribution in [0.5, 0.6) is 0 Å². The number of benzene rings is 2. The number of rotatable bonds is 5. The SMILES string of the molecule is Cc1nc2cc(NC(=O)CCC(=O)c3ccc4c(c3)CCCC4)ccc2o1. The van der Waals surface area contributed by atoms with Crippen LogP contribution in [0.2, 0.25) is 0 Å². The smallest absolute Gasteiger partial charge is 0.224 e. The van der Waals surface area contributed by atoms with E-state index >= 15 is 0 Å². The highest BCUT2D eigenvalue weighted by molar-refractivity contribution is 6.00. The van der Waals surface area contributed by atoms with Gasteiger partial charge in [0.25, 0.3) is 0 Å². The maximum Gasteiger partial charge on any atom is 0.224 e. The van der Waals surface area contributed by atoms with E-state index in [2.05, 4.69) is 16.4 Å². The number of ketones is 1. The molecule has 0 saturated carbocycles. The number of hydrogen-bond acceptors (Lipinski definition) is 4. The Hall–Kier alpha value is -2.95. The second kappa shape index (κ2) is 7.35. The number of carbonyl (C=O) groups excluding carboxylic acids is 2. The molecule has 0 radical (unpaired) electrons. The number of aryl methyl sites for hydroxylation is 3. The van der Waals surface area contributed by atoms with Crippen LogP contribution in [0.15, 0.2) is 40.8 Å². The van der Waals surface area contributed by atoms with E-state index in [0.717, 1.165) is 12.8 Å². The van der Waals surface area contributed by atoms with Crippen LogP contribution in [0.4, 0.5) is 5.69 Å². The Balaban J connectivity index is 1.36. The fourth-order valence-corrected chi connectivity index (χ4v) is 3.62. The van der Waals surface area contributed by atoms with Gasteiger partial charge in [-0.15, -0.1) is 0 Å². The molecule has 0 unspecified atom stereocenters. The molecular formula is C22H22N2O3. The fraction of sp³-hybridized carbons (Fsp3) is 0.318. The maximum absolute atomic E-state index is 12.5. The number of nitrogens with one attached hydrogen (secondary N) is 1.